The first-order valence-electron chi connectivity index (χ1n) is 9.12. The number of rotatable bonds is 6. The number of imide groups is 1. The van der Waals surface area contributed by atoms with Gasteiger partial charge in [-0.1, -0.05) is 42.0 Å². The molecule has 0 saturated heterocycles. The molecule has 2 amide bonds. The summed E-state index contributed by atoms with van der Waals surface area (Å²) in [6.45, 7) is 8.06. The molecule has 2 aromatic carbocycles. The van der Waals surface area contributed by atoms with Crippen molar-refractivity contribution in [2.24, 2.45) is 0 Å². The van der Waals surface area contributed by atoms with E-state index in [1.165, 1.54) is 4.90 Å². The maximum Gasteiger partial charge on any atom is 0.278 e. The Bertz CT molecular complexity index is 898. The number of nitrogens with zero attached hydrogens (tertiary/aromatic N) is 1. The van der Waals surface area contributed by atoms with Crippen LogP contribution >= 0.6 is 0 Å². The Morgan fingerprint density at radius 1 is 1.00 bits per heavy atom. The van der Waals surface area contributed by atoms with Gasteiger partial charge in [-0.05, 0) is 45.4 Å². The van der Waals surface area contributed by atoms with Crippen LogP contribution in [0, 0.1) is 6.92 Å². The molecule has 1 aliphatic rings. The second kappa shape index (κ2) is 7.66. The Hall–Kier alpha value is -3.08. The summed E-state index contributed by atoms with van der Waals surface area (Å²) in [6.07, 6.45) is 0. The molecule has 140 valence electrons. The van der Waals surface area contributed by atoms with Crippen LogP contribution in [0.4, 0.5) is 5.69 Å². The van der Waals surface area contributed by atoms with Gasteiger partial charge < -0.3 is 10.1 Å². The maximum absolute atomic E-state index is 13.0. The number of hydrogen-bond donors (Lipinski definition) is 1. The maximum atomic E-state index is 13.0. The van der Waals surface area contributed by atoms with E-state index in [1.807, 2.05) is 76.2 Å². The van der Waals surface area contributed by atoms with Crippen molar-refractivity contribution in [1.82, 2.24) is 4.90 Å². The van der Waals surface area contributed by atoms with Gasteiger partial charge in [-0.3, -0.25) is 14.5 Å². The van der Waals surface area contributed by atoms with Gasteiger partial charge in [0.2, 0.25) is 0 Å². The van der Waals surface area contributed by atoms with E-state index in [2.05, 4.69) is 5.32 Å². The van der Waals surface area contributed by atoms with Crippen molar-refractivity contribution in [2.45, 2.75) is 33.7 Å². The number of anilines is 1. The third kappa shape index (κ3) is 3.58. The van der Waals surface area contributed by atoms with Crippen molar-refractivity contribution < 1.29 is 14.3 Å². The van der Waals surface area contributed by atoms with E-state index in [0.717, 1.165) is 11.1 Å². The molecule has 0 bridgehead atoms. The molecular weight excluding hydrogens is 340 g/mol. The molecule has 0 unspecified atom stereocenters. The van der Waals surface area contributed by atoms with E-state index in [1.54, 1.807) is 0 Å². The van der Waals surface area contributed by atoms with Crippen molar-refractivity contribution in [2.75, 3.05) is 11.9 Å². The quantitative estimate of drug-likeness (QED) is 0.787. The van der Waals surface area contributed by atoms with Gasteiger partial charge in [0.25, 0.3) is 11.8 Å². The number of amides is 2. The Labute approximate surface area is 159 Å². The minimum absolute atomic E-state index is 0.230. The highest BCUT2D eigenvalue weighted by Gasteiger charge is 2.40. The van der Waals surface area contributed by atoms with Gasteiger partial charge in [-0.25, -0.2) is 0 Å². The molecule has 0 radical (unpaired) electrons. The van der Waals surface area contributed by atoms with Crippen LogP contribution in [0.1, 0.15) is 31.9 Å². The van der Waals surface area contributed by atoms with Crippen molar-refractivity contribution in [1.29, 1.82) is 0 Å². The number of benzene rings is 2. The first-order valence-corrected chi connectivity index (χ1v) is 9.12. The van der Waals surface area contributed by atoms with Crippen LogP contribution in [0.15, 0.2) is 54.2 Å². The smallest absolute Gasteiger partial charge is 0.278 e. The van der Waals surface area contributed by atoms with E-state index in [0.29, 0.717) is 23.6 Å². The fourth-order valence-electron chi connectivity index (χ4n) is 3.11. The third-order valence-corrected chi connectivity index (χ3v) is 4.42. The first kappa shape index (κ1) is 18.7. The van der Waals surface area contributed by atoms with Crippen LogP contribution in [0.25, 0.3) is 5.57 Å². The third-order valence-electron chi connectivity index (χ3n) is 4.42. The molecule has 3 rings (SSSR count). The van der Waals surface area contributed by atoms with E-state index in [-0.39, 0.29) is 23.6 Å². The van der Waals surface area contributed by atoms with Crippen LogP contribution in [0.5, 0.6) is 5.75 Å². The van der Waals surface area contributed by atoms with E-state index in [4.69, 9.17) is 4.74 Å². The minimum Gasteiger partial charge on any atom is -0.492 e. The molecule has 27 heavy (non-hydrogen) atoms. The average Bonchev–Trinajstić information content (AvgIpc) is 2.88. The molecule has 2 aromatic rings. The average molecular weight is 364 g/mol. The number of aryl methyl sites for hydroxylation is 1. The molecule has 0 saturated carbocycles. The molecule has 0 fully saturated rings. The number of nitrogens with one attached hydrogen (secondary N) is 1. The Morgan fingerprint density at radius 3 is 2.30 bits per heavy atom. The van der Waals surface area contributed by atoms with Gasteiger partial charge in [-0.2, -0.15) is 0 Å². The lowest BCUT2D eigenvalue weighted by atomic mass is 10.0. The molecule has 1 N–H and O–H groups in total. The van der Waals surface area contributed by atoms with Gasteiger partial charge in [0.1, 0.15) is 11.4 Å². The molecule has 5 heteroatoms. The molecule has 1 heterocycles. The topological polar surface area (TPSA) is 58.6 Å². The van der Waals surface area contributed by atoms with Crippen LogP contribution in [0.2, 0.25) is 0 Å². The lowest BCUT2D eigenvalue weighted by Gasteiger charge is -2.19. The number of carbonyl (C=O) groups is 2. The molecule has 0 aromatic heterocycles. The Kier molecular flexibility index (Phi) is 5.31. The zero-order chi connectivity index (χ0) is 19.6. The summed E-state index contributed by atoms with van der Waals surface area (Å²) >= 11 is 0. The molecule has 0 spiro atoms. The van der Waals surface area contributed by atoms with Gasteiger partial charge in [0.15, 0.2) is 0 Å². The second-order valence-electron chi connectivity index (χ2n) is 6.74. The summed E-state index contributed by atoms with van der Waals surface area (Å²) < 4.78 is 5.65. The monoisotopic (exact) mass is 364 g/mol. The van der Waals surface area contributed by atoms with Crippen LogP contribution in [0.3, 0.4) is 0 Å². The van der Waals surface area contributed by atoms with Crippen LogP contribution in [-0.4, -0.2) is 29.4 Å². The van der Waals surface area contributed by atoms with Crippen molar-refractivity contribution in [3.8, 4) is 5.75 Å². The van der Waals surface area contributed by atoms with Crippen molar-refractivity contribution >= 4 is 23.1 Å². The van der Waals surface area contributed by atoms with Gasteiger partial charge >= 0.3 is 0 Å². The summed E-state index contributed by atoms with van der Waals surface area (Å²) in [5.41, 5.74) is 3.14. The predicted molar refractivity (Wildman–Crippen MR) is 106 cm³/mol. The second-order valence-corrected chi connectivity index (χ2v) is 6.74. The number of para-hydroxylation sites is 2. The first-order chi connectivity index (χ1) is 12.9. The predicted octanol–water partition coefficient (Wildman–Crippen LogP) is 3.99. The van der Waals surface area contributed by atoms with Crippen LogP contribution < -0.4 is 10.1 Å². The summed E-state index contributed by atoms with van der Waals surface area (Å²) in [5, 5.41) is 3.17. The van der Waals surface area contributed by atoms with E-state index in [9.17, 15) is 9.59 Å². The highest BCUT2D eigenvalue weighted by molar-refractivity contribution is 6.36. The zero-order valence-electron chi connectivity index (χ0n) is 16.1. The largest absolute Gasteiger partial charge is 0.492 e. The molecule has 0 aliphatic carbocycles. The number of ether oxygens (including phenoxy) is 1. The van der Waals surface area contributed by atoms with E-state index >= 15 is 0 Å². The number of carbonyl (C=O) groups excluding carboxylic acids is 2. The molecule has 5 nitrogen and oxygen atoms in total. The van der Waals surface area contributed by atoms with Crippen LogP contribution in [-0.2, 0) is 9.59 Å². The molecular formula is C22H24N2O3. The SMILES string of the molecule is CCOc1ccccc1NC1=C(c2ccc(C)cc2)C(=O)N(C(C)C)C1=O. The van der Waals surface area contributed by atoms with E-state index < -0.39 is 0 Å². The summed E-state index contributed by atoms with van der Waals surface area (Å²) in [5.74, 6) is 0.0334. The summed E-state index contributed by atoms with van der Waals surface area (Å²) in [4.78, 5) is 27.3. The Morgan fingerprint density at radius 2 is 1.67 bits per heavy atom. The fraction of sp³-hybridized carbons (Fsp3) is 0.273. The lowest BCUT2D eigenvalue weighted by Crippen LogP contribution is -2.38. The summed E-state index contributed by atoms with van der Waals surface area (Å²) in [6, 6.07) is 14.8. The van der Waals surface area contributed by atoms with Gasteiger partial charge in [0.05, 0.1) is 17.9 Å². The molecule has 0 atom stereocenters. The highest BCUT2D eigenvalue weighted by atomic mass is 16.5. The Balaban J connectivity index is 2.10. The zero-order valence-corrected chi connectivity index (χ0v) is 16.1. The standard InChI is InChI=1S/C22H24N2O3/c1-5-27-18-9-7-6-8-17(18)23-20-19(16-12-10-15(4)11-13-16)21(25)24(14(2)3)22(20)26/h6-14,23H,5H2,1-4H3. The van der Waals surface area contributed by atoms with Crippen molar-refractivity contribution in [3.63, 3.8) is 0 Å². The normalized spacial score (nSPS) is 14.3. The minimum atomic E-state index is -0.322. The molecule has 1 aliphatic heterocycles. The highest BCUT2D eigenvalue weighted by Crippen LogP contribution is 2.34. The van der Waals surface area contributed by atoms with Gasteiger partial charge in [-0.15, -0.1) is 0 Å². The van der Waals surface area contributed by atoms with Crippen molar-refractivity contribution in [3.05, 3.63) is 65.4 Å². The number of hydrogen-bond acceptors (Lipinski definition) is 4. The van der Waals surface area contributed by atoms with Gasteiger partial charge in [0, 0.05) is 6.04 Å². The fourth-order valence-corrected chi connectivity index (χ4v) is 3.11. The lowest BCUT2D eigenvalue weighted by molar-refractivity contribution is -0.138. The summed E-state index contributed by atoms with van der Waals surface area (Å²) in [7, 11) is 0.